The molecule has 0 aliphatic carbocycles. The molecule has 2 rings (SSSR count). The number of nitrogens with one attached hydrogen (secondary N) is 2. The van der Waals surface area contributed by atoms with Crippen molar-refractivity contribution in [2.24, 2.45) is 0 Å². The summed E-state index contributed by atoms with van der Waals surface area (Å²) in [4.78, 5) is 14.0. The third-order valence-electron chi connectivity index (χ3n) is 3.67. The highest BCUT2D eigenvalue weighted by atomic mass is 35.5. The van der Waals surface area contributed by atoms with Crippen LogP contribution in [0.4, 0.5) is 4.79 Å². The first kappa shape index (κ1) is 16.1. The maximum absolute atomic E-state index is 11.6. The maximum Gasteiger partial charge on any atom is 0.314 e. The molecule has 6 heteroatoms. The maximum atomic E-state index is 11.6. The number of halogens is 1. The van der Waals surface area contributed by atoms with E-state index in [-0.39, 0.29) is 25.2 Å². The average Bonchev–Trinajstić information content (AvgIpc) is 2.99. The summed E-state index contributed by atoms with van der Waals surface area (Å²) in [5, 5.41) is 14.9. The van der Waals surface area contributed by atoms with Gasteiger partial charge >= 0.3 is 6.03 Å². The van der Waals surface area contributed by atoms with Crippen molar-refractivity contribution in [3.05, 3.63) is 34.9 Å². The third-order valence-corrected chi connectivity index (χ3v) is 3.90. The van der Waals surface area contributed by atoms with E-state index in [0.717, 1.165) is 18.7 Å². The van der Waals surface area contributed by atoms with Gasteiger partial charge in [-0.25, -0.2) is 4.79 Å². The molecule has 1 aliphatic heterocycles. The van der Waals surface area contributed by atoms with Crippen molar-refractivity contribution in [3.8, 4) is 0 Å². The molecule has 1 unspecified atom stereocenters. The second-order valence-corrected chi connectivity index (χ2v) is 5.61. The summed E-state index contributed by atoms with van der Waals surface area (Å²) in [6.45, 7) is 2.81. The number of amides is 2. The number of benzene rings is 1. The van der Waals surface area contributed by atoms with Crippen LogP contribution in [0.15, 0.2) is 24.3 Å². The first-order valence-corrected chi connectivity index (χ1v) is 7.70. The molecular formula is C15H22ClN3O2. The van der Waals surface area contributed by atoms with E-state index in [1.165, 1.54) is 12.8 Å². The molecular weight excluding hydrogens is 290 g/mol. The van der Waals surface area contributed by atoms with E-state index in [2.05, 4.69) is 15.5 Å². The molecule has 1 aromatic carbocycles. The lowest BCUT2D eigenvalue weighted by atomic mass is 10.1. The number of rotatable bonds is 6. The second-order valence-electron chi connectivity index (χ2n) is 5.17. The van der Waals surface area contributed by atoms with Gasteiger partial charge in [-0.15, -0.1) is 0 Å². The summed E-state index contributed by atoms with van der Waals surface area (Å²) < 4.78 is 0. The zero-order valence-corrected chi connectivity index (χ0v) is 12.8. The molecule has 1 atom stereocenters. The van der Waals surface area contributed by atoms with Crippen LogP contribution >= 0.6 is 11.6 Å². The number of likely N-dealkylation sites (tertiary alicyclic amines) is 1. The van der Waals surface area contributed by atoms with Crippen LogP contribution in [0.5, 0.6) is 0 Å². The summed E-state index contributed by atoms with van der Waals surface area (Å²) in [6, 6.07) is 7.67. The summed E-state index contributed by atoms with van der Waals surface area (Å²) in [7, 11) is 0. The predicted molar refractivity (Wildman–Crippen MR) is 83.5 cm³/mol. The molecule has 3 N–H and O–H groups in total. The van der Waals surface area contributed by atoms with Gasteiger partial charge in [0.1, 0.15) is 0 Å². The number of carbonyl (C=O) groups is 1. The van der Waals surface area contributed by atoms with E-state index in [9.17, 15) is 4.79 Å². The van der Waals surface area contributed by atoms with Gasteiger partial charge in [-0.3, -0.25) is 4.90 Å². The Hall–Kier alpha value is -1.30. The van der Waals surface area contributed by atoms with Gasteiger partial charge in [0.2, 0.25) is 0 Å². The number of aliphatic hydroxyl groups is 1. The lowest BCUT2D eigenvalue weighted by Crippen LogP contribution is -2.42. The molecule has 1 aromatic rings. The van der Waals surface area contributed by atoms with E-state index in [1.54, 1.807) is 0 Å². The molecule has 0 aromatic heterocycles. The Bertz CT molecular complexity index is 464. The molecule has 0 saturated carbocycles. The van der Waals surface area contributed by atoms with Gasteiger partial charge in [0.25, 0.3) is 0 Å². The van der Waals surface area contributed by atoms with Crippen molar-refractivity contribution >= 4 is 17.6 Å². The average molecular weight is 312 g/mol. The van der Waals surface area contributed by atoms with Crippen LogP contribution in [0.3, 0.4) is 0 Å². The number of hydrogen-bond acceptors (Lipinski definition) is 3. The van der Waals surface area contributed by atoms with Crippen molar-refractivity contribution < 1.29 is 9.90 Å². The molecule has 2 amide bonds. The van der Waals surface area contributed by atoms with Crippen LogP contribution in [0, 0.1) is 0 Å². The Morgan fingerprint density at radius 2 is 2.10 bits per heavy atom. The number of aliphatic hydroxyl groups excluding tert-OH is 1. The van der Waals surface area contributed by atoms with Gasteiger partial charge in [-0.05, 0) is 43.6 Å². The smallest absolute Gasteiger partial charge is 0.314 e. The lowest BCUT2D eigenvalue weighted by molar-refractivity contribution is 0.217. The van der Waals surface area contributed by atoms with Gasteiger partial charge in [0.05, 0.1) is 12.6 Å². The van der Waals surface area contributed by atoms with Gasteiger partial charge in [0.15, 0.2) is 0 Å². The van der Waals surface area contributed by atoms with Crippen molar-refractivity contribution in [1.29, 1.82) is 0 Å². The second kappa shape index (κ2) is 8.22. The first-order valence-electron chi connectivity index (χ1n) is 7.33. The Balaban J connectivity index is 2.00. The topological polar surface area (TPSA) is 64.6 Å². The molecule has 21 heavy (non-hydrogen) atoms. The molecule has 1 aliphatic rings. The Kier molecular flexibility index (Phi) is 6.29. The summed E-state index contributed by atoms with van der Waals surface area (Å²) in [5.74, 6) is 0. The van der Waals surface area contributed by atoms with Crippen molar-refractivity contribution in [1.82, 2.24) is 15.5 Å². The summed E-state index contributed by atoms with van der Waals surface area (Å²) in [6.07, 6.45) is 2.38. The fourth-order valence-corrected chi connectivity index (χ4v) is 2.84. The van der Waals surface area contributed by atoms with Crippen molar-refractivity contribution in [3.63, 3.8) is 0 Å². The fourth-order valence-electron chi connectivity index (χ4n) is 2.65. The Labute approximate surface area is 130 Å². The predicted octanol–water partition coefficient (Wildman–Crippen LogP) is 1.77. The monoisotopic (exact) mass is 311 g/mol. The van der Waals surface area contributed by atoms with Gasteiger partial charge in [0, 0.05) is 18.1 Å². The summed E-state index contributed by atoms with van der Waals surface area (Å²) in [5.41, 5.74) is 1.12. The lowest BCUT2D eigenvalue weighted by Gasteiger charge is -2.28. The largest absolute Gasteiger partial charge is 0.395 e. The van der Waals surface area contributed by atoms with Crippen LogP contribution in [0.25, 0.3) is 0 Å². The van der Waals surface area contributed by atoms with Crippen LogP contribution in [0.1, 0.15) is 24.4 Å². The van der Waals surface area contributed by atoms with E-state index in [4.69, 9.17) is 16.7 Å². The highest BCUT2D eigenvalue weighted by Gasteiger charge is 2.24. The molecule has 1 saturated heterocycles. The minimum absolute atomic E-state index is 0.0583. The Morgan fingerprint density at radius 1 is 1.33 bits per heavy atom. The quantitative estimate of drug-likeness (QED) is 0.750. The molecule has 1 fully saturated rings. The van der Waals surface area contributed by atoms with Crippen LogP contribution < -0.4 is 10.6 Å². The number of hydrogen-bond donors (Lipinski definition) is 3. The fraction of sp³-hybridized carbons (Fsp3) is 0.533. The minimum Gasteiger partial charge on any atom is -0.395 e. The van der Waals surface area contributed by atoms with E-state index in [1.807, 2.05) is 24.3 Å². The van der Waals surface area contributed by atoms with E-state index < -0.39 is 0 Å². The van der Waals surface area contributed by atoms with Gasteiger partial charge < -0.3 is 15.7 Å². The molecule has 0 spiro atoms. The van der Waals surface area contributed by atoms with Crippen LogP contribution in [-0.4, -0.2) is 48.8 Å². The molecule has 0 radical (unpaired) electrons. The zero-order chi connectivity index (χ0) is 15.1. The molecule has 0 bridgehead atoms. The standard InChI is InChI=1S/C15H22ClN3O2/c16-13-5-3-4-12(10-13)14(19-7-1-2-8-19)11-18-15(21)17-6-9-20/h3-5,10,14,20H,1-2,6-9,11H2,(H2,17,18,21). The number of urea groups is 1. The third kappa shape index (κ3) is 4.88. The van der Waals surface area contributed by atoms with E-state index >= 15 is 0 Å². The number of carbonyl (C=O) groups excluding carboxylic acids is 1. The van der Waals surface area contributed by atoms with Crippen LogP contribution in [0.2, 0.25) is 5.02 Å². The van der Waals surface area contributed by atoms with Gasteiger partial charge in [-0.1, -0.05) is 23.7 Å². The summed E-state index contributed by atoms with van der Waals surface area (Å²) >= 11 is 6.08. The molecule has 116 valence electrons. The van der Waals surface area contributed by atoms with Gasteiger partial charge in [-0.2, -0.15) is 0 Å². The Morgan fingerprint density at radius 3 is 2.76 bits per heavy atom. The normalized spacial score (nSPS) is 16.7. The minimum atomic E-state index is -0.254. The highest BCUT2D eigenvalue weighted by molar-refractivity contribution is 6.30. The highest BCUT2D eigenvalue weighted by Crippen LogP contribution is 2.26. The zero-order valence-electron chi connectivity index (χ0n) is 12.0. The molecule has 1 heterocycles. The number of nitrogens with zero attached hydrogens (tertiary/aromatic N) is 1. The van der Waals surface area contributed by atoms with Crippen molar-refractivity contribution in [2.45, 2.75) is 18.9 Å². The first-order chi connectivity index (χ1) is 10.2. The van der Waals surface area contributed by atoms with E-state index in [0.29, 0.717) is 11.6 Å². The molecule has 5 nitrogen and oxygen atoms in total. The van der Waals surface area contributed by atoms with Crippen molar-refractivity contribution in [2.75, 3.05) is 32.8 Å². The SMILES string of the molecule is O=C(NCCO)NCC(c1cccc(Cl)c1)N1CCCC1. The van der Waals surface area contributed by atoms with Crippen LogP contribution in [-0.2, 0) is 0 Å².